The zero-order valence-corrected chi connectivity index (χ0v) is 12.3. The topological polar surface area (TPSA) is 0 Å². The van der Waals surface area contributed by atoms with Gasteiger partial charge in [0, 0.05) is 0 Å². The van der Waals surface area contributed by atoms with E-state index in [9.17, 15) is 0 Å². The lowest BCUT2D eigenvalue weighted by Crippen LogP contribution is -2.34. The van der Waals surface area contributed by atoms with Crippen molar-refractivity contribution in [2.75, 3.05) is 21.1 Å². The van der Waals surface area contributed by atoms with Crippen LogP contribution in [0.4, 0.5) is 5.69 Å². The molecule has 0 amide bonds. The molecule has 2 aromatic rings. The van der Waals surface area contributed by atoms with E-state index in [1.807, 2.05) is 6.07 Å². The van der Waals surface area contributed by atoms with Crippen molar-refractivity contribution < 1.29 is 0 Å². The molecule has 1 aliphatic rings. The molecule has 0 aromatic heterocycles. The summed E-state index contributed by atoms with van der Waals surface area (Å²) in [5.74, 6) is 0. The van der Waals surface area contributed by atoms with E-state index in [0.717, 1.165) is 4.48 Å². The van der Waals surface area contributed by atoms with Gasteiger partial charge in [-0.1, -0.05) is 42.5 Å². The number of nitrogens with zero attached hydrogens (tertiary/aromatic N) is 1. The molecule has 3 rings (SSSR count). The highest BCUT2D eigenvalue weighted by atomic mass is 15.3. The van der Waals surface area contributed by atoms with Crippen molar-refractivity contribution in [3.8, 4) is 0 Å². The summed E-state index contributed by atoms with van der Waals surface area (Å²) in [6.45, 7) is 0. The molecule has 0 saturated heterocycles. The Balaban J connectivity index is 0.000000141. The van der Waals surface area contributed by atoms with Gasteiger partial charge in [-0.05, 0) is 42.5 Å². The molecule has 1 aliphatic carbocycles. The second kappa shape index (κ2) is 6.03. The molecule has 0 atom stereocenters. The highest BCUT2D eigenvalue weighted by Gasteiger charge is 2.09. The molecular weight excluding hydrogens is 230 g/mol. The molecule has 0 bridgehead atoms. The Labute approximate surface area is 117 Å². The van der Waals surface area contributed by atoms with E-state index in [0.29, 0.717) is 0 Å². The third kappa shape index (κ3) is 3.93. The van der Waals surface area contributed by atoms with Gasteiger partial charge in [0.2, 0.25) is 0 Å². The van der Waals surface area contributed by atoms with Gasteiger partial charge in [-0.15, -0.1) is 0 Å². The summed E-state index contributed by atoms with van der Waals surface area (Å²) in [6.07, 6.45) is 3.96. The van der Waals surface area contributed by atoms with Gasteiger partial charge in [-0.2, -0.15) is 0 Å². The average molecular weight is 254 g/mol. The molecule has 0 fully saturated rings. The lowest BCUT2D eigenvalue weighted by molar-refractivity contribution is 0.486. The second-order valence-corrected chi connectivity index (χ2v) is 5.97. The molecule has 0 spiro atoms. The lowest BCUT2D eigenvalue weighted by atomic mass is 10.1. The summed E-state index contributed by atoms with van der Waals surface area (Å²) in [5.41, 5.74) is 4.47. The van der Waals surface area contributed by atoms with Crippen LogP contribution in [0.5, 0.6) is 0 Å². The van der Waals surface area contributed by atoms with Crippen LogP contribution in [0.25, 0.3) is 0 Å². The number of fused-ring (bicyclic) bond motifs is 1. The van der Waals surface area contributed by atoms with Gasteiger partial charge in [0.15, 0.2) is 0 Å². The largest absolute Gasteiger partial charge is 0.298 e. The van der Waals surface area contributed by atoms with E-state index in [1.54, 1.807) is 11.1 Å². The maximum atomic E-state index is 2.24. The number of benzene rings is 2. The molecule has 0 aliphatic heterocycles. The molecule has 0 saturated carbocycles. The molecule has 0 heterocycles. The Morgan fingerprint density at radius 1 is 0.684 bits per heavy atom. The monoisotopic (exact) mass is 254 g/mol. The van der Waals surface area contributed by atoms with Gasteiger partial charge >= 0.3 is 0 Å². The number of para-hydroxylation sites is 1. The zero-order chi connectivity index (χ0) is 13.7. The Morgan fingerprint density at radius 3 is 1.58 bits per heavy atom. The van der Waals surface area contributed by atoms with Crippen molar-refractivity contribution in [2.45, 2.75) is 19.3 Å². The number of quaternary nitrogens is 1. The van der Waals surface area contributed by atoms with Crippen LogP contribution >= 0.6 is 0 Å². The van der Waals surface area contributed by atoms with Crippen molar-refractivity contribution in [3.05, 3.63) is 65.7 Å². The normalized spacial score (nSPS) is 13.4. The first-order valence-corrected chi connectivity index (χ1v) is 7.01. The van der Waals surface area contributed by atoms with Gasteiger partial charge < -0.3 is 0 Å². The molecule has 0 unspecified atom stereocenters. The summed E-state index contributed by atoms with van der Waals surface area (Å²) < 4.78 is 0.890. The zero-order valence-electron chi connectivity index (χ0n) is 12.3. The number of aryl methyl sites for hydroxylation is 2. The molecule has 1 heteroatoms. The Bertz CT molecular complexity index is 486. The first-order chi connectivity index (χ1) is 9.07. The molecule has 0 radical (unpaired) electrons. The smallest absolute Gasteiger partial charge is 0.132 e. The third-order valence-electron chi connectivity index (χ3n) is 3.54. The number of hydrogen-bond acceptors (Lipinski definition) is 0. The van der Waals surface area contributed by atoms with Crippen LogP contribution in [0.3, 0.4) is 0 Å². The van der Waals surface area contributed by atoms with Crippen LogP contribution in [0.15, 0.2) is 54.6 Å². The fourth-order valence-corrected chi connectivity index (χ4v) is 2.39. The van der Waals surface area contributed by atoms with E-state index < -0.39 is 0 Å². The molecule has 1 nitrogen and oxygen atoms in total. The number of rotatable bonds is 1. The fourth-order valence-electron chi connectivity index (χ4n) is 2.39. The van der Waals surface area contributed by atoms with Gasteiger partial charge in [-0.3, -0.25) is 4.48 Å². The van der Waals surface area contributed by atoms with Gasteiger partial charge in [0.25, 0.3) is 0 Å². The van der Waals surface area contributed by atoms with E-state index in [2.05, 4.69) is 69.7 Å². The van der Waals surface area contributed by atoms with Crippen molar-refractivity contribution in [1.29, 1.82) is 0 Å². The Hall–Kier alpha value is -1.60. The van der Waals surface area contributed by atoms with Crippen LogP contribution in [0.2, 0.25) is 0 Å². The van der Waals surface area contributed by atoms with Gasteiger partial charge in [0.05, 0.1) is 21.1 Å². The number of hydrogen-bond donors (Lipinski definition) is 0. The maximum Gasteiger partial charge on any atom is 0.132 e. The predicted molar refractivity (Wildman–Crippen MR) is 84.5 cm³/mol. The maximum absolute atomic E-state index is 2.24. The predicted octanol–water partition coefficient (Wildman–Crippen LogP) is 4.06. The SMILES string of the molecule is C[N+](C)(C)c1ccccc1.c1ccc2c(c1)CCC2. The lowest BCUT2D eigenvalue weighted by Gasteiger charge is -2.22. The highest BCUT2D eigenvalue weighted by molar-refractivity contribution is 5.40. The van der Waals surface area contributed by atoms with Crippen LogP contribution in [-0.4, -0.2) is 21.1 Å². The summed E-state index contributed by atoms with van der Waals surface area (Å²) in [6, 6.07) is 19.2. The van der Waals surface area contributed by atoms with Crippen LogP contribution in [0, 0.1) is 0 Å². The molecule has 2 aromatic carbocycles. The van der Waals surface area contributed by atoms with Gasteiger partial charge in [-0.25, -0.2) is 0 Å². The minimum absolute atomic E-state index is 0.890. The van der Waals surface area contributed by atoms with Crippen molar-refractivity contribution in [2.24, 2.45) is 0 Å². The quantitative estimate of drug-likeness (QED) is 0.673. The highest BCUT2D eigenvalue weighted by Crippen LogP contribution is 2.20. The summed E-state index contributed by atoms with van der Waals surface area (Å²) in [7, 11) is 6.49. The first-order valence-electron chi connectivity index (χ1n) is 7.01. The van der Waals surface area contributed by atoms with Crippen LogP contribution in [-0.2, 0) is 12.8 Å². The fraction of sp³-hybridized carbons (Fsp3) is 0.333. The van der Waals surface area contributed by atoms with E-state index >= 15 is 0 Å². The van der Waals surface area contributed by atoms with E-state index in [-0.39, 0.29) is 0 Å². The summed E-state index contributed by atoms with van der Waals surface area (Å²) in [4.78, 5) is 0. The minimum atomic E-state index is 0.890. The average Bonchev–Trinajstić information content (AvgIpc) is 2.88. The van der Waals surface area contributed by atoms with E-state index in [4.69, 9.17) is 0 Å². The molecular formula is C18H24N+. The Morgan fingerprint density at radius 2 is 1.16 bits per heavy atom. The standard InChI is InChI=1S/C9H14N.C9H10/c1-10(2,3)9-7-5-4-6-8-9;1-2-5-9-7-3-6-8(9)4-1/h4-8H,1-3H3;1-2,4-5H,3,6-7H2/q+1;. The Kier molecular flexibility index (Phi) is 4.39. The minimum Gasteiger partial charge on any atom is -0.298 e. The summed E-state index contributed by atoms with van der Waals surface area (Å²) in [5, 5.41) is 0. The molecule has 19 heavy (non-hydrogen) atoms. The van der Waals surface area contributed by atoms with Crippen molar-refractivity contribution >= 4 is 5.69 Å². The first kappa shape index (κ1) is 13.8. The third-order valence-corrected chi connectivity index (χ3v) is 3.54. The second-order valence-electron chi connectivity index (χ2n) is 5.97. The van der Waals surface area contributed by atoms with E-state index in [1.165, 1.54) is 24.9 Å². The summed E-state index contributed by atoms with van der Waals surface area (Å²) >= 11 is 0. The van der Waals surface area contributed by atoms with Crippen molar-refractivity contribution in [3.63, 3.8) is 0 Å². The molecule has 0 N–H and O–H groups in total. The van der Waals surface area contributed by atoms with Crippen molar-refractivity contribution in [1.82, 2.24) is 4.48 Å². The molecule has 100 valence electrons. The van der Waals surface area contributed by atoms with Crippen LogP contribution < -0.4 is 4.48 Å². The van der Waals surface area contributed by atoms with Gasteiger partial charge in [0.1, 0.15) is 5.69 Å². The van der Waals surface area contributed by atoms with Crippen LogP contribution in [0.1, 0.15) is 17.5 Å².